The molecule has 9 heteroatoms. The molecule has 0 saturated carbocycles. The van der Waals surface area contributed by atoms with Crippen molar-refractivity contribution in [2.24, 2.45) is 11.8 Å². The molecule has 2 aliphatic heterocycles. The molecule has 2 N–H and O–H groups in total. The van der Waals surface area contributed by atoms with Gasteiger partial charge in [0.2, 0.25) is 17.7 Å². The van der Waals surface area contributed by atoms with Crippen molar-refractivity contribution in [3.8, 4) is 11.5 Å². The number of carbonyl (C=O) groups is 3. The van der Waals surface area contributed by atoms with Crippen LogP contribution in [0.4, 0.5) is 5.69 Å². The molecule has 2 heterocycles. The fraction of sp³-hybridized carbons (Fsp3) is 0.571. The predicted octanol–water partition coefficient (Wildman–Crippen LogP) is 0.714. The number of amides is 3. The third-order valence-electron chi connectivity index (χ3n) is 5.19. The van der Waals surface area contributed by atoms with Gasteiger partial charge in [0.05, 0.1) is 12.5 Å². The van der Waals surface area contributed by atoms with E-state index in [9.17, 15) is 14.4 Å². The number of nitrogens with zero attached hydrogens (tertiary/aromatic N) is 1. The van der Waals surface area contributed by atoms with Crippen LogP contribution in [-0.2, 0) is 19.1 Å². The topological polar surface area (TPSA) is 106 Å². The summed E-state index contributed by atoms with van der Waals surface area (Å²) in [6, 6.07) is 4.63. The first kappa shape index (κ1) is 21.9. The number of hydrogen-bond donors (Lipinski definition) is 2. The average molecular weight is 419 g/mol. The van der Waals surface area contributed by atoms with Crippen LogP contribution >= 0.6 is 0 Å². The summed E-state index contributed by atoms with van der Waals surface area (Å²) in [5.74, 6) is -0.0941. The smallest absolute Gasteiger partial charge is 0.242 e. The monoisotopic (exact) mass is 419 g/mol. The van der Waals surface area contributed by atoms with Crippen molar-refractivity contribution in [2.45, 2.75) is 26.3 Å². The summed E-state index contributed by atoms with van der Waals surface area (Å²) in [6.45, 7) is 5.69. The Morgan fingerprint density at radius 1 is 1.23 bits per heavy atom. The number of anilines is 1. The second-order valence-electron chi connectivity index (χ2n) is 7.75. The lowest BCUT2D eigenvalue weighted by Crippen LogP contribution is -2.51. The van der Waals surface area contributed by atoms with Gasteiger partial charge in [-0.1, -0.05) is 13.8 Å². The van der Waals surface area contributed by atoms with Crippen LogP contribution in [0.25, 0.3) is 0 Å². The minimum absolute atomic E-state index is 0.0936. The maximum absolute atomic E-state index is 12.8. The number of ether oxygens (including phenoxy) is 3. The van der Waals surface area contributed by atoms with Crippen molar-refractivity contribution in [3.05, 3.63) is 18.2 Å². The first-order chi connectivity index (χ1) is 14.4. The number of carbonyl (C=O) groups excluding carboxylic acids is 3. The molecule has 30 heavy (non-hydrogen) atoms. The van der Waals surface area contributed by atoms with E-state index in [0.29, 0.717) is 43.6 Å². The zero-order chi connectivity index (χ0) is 21.7. The number of fused-ring (bicyclic) bond motifs is 1. The van der Waals surface area contributed by atoms with Crippen LogP contribution < -0.4 is 25.0 Å². The second-order valence-corrected chi connectivity index (χ2v) is 7.75. The van der Waals surface area contributed by atoms with Gasteiger partial charge in [-0.25, -0.2) is 0 Å². The van der Waals surface area contributed by atoms with Gasteiger partial charge in [0.1, 0.15) is 19.3 Å². The van der Waals surface area contributed by atoms with Gasteiger partial charge >= 0.3 is 0 Å². The third-order valence-corrected chi connectivity index (χ3v) is 5.19. The Labute approximate surface area is 176 Å². The van der Waals surface area contributed by atoms with E-state index in [2.05, 4.69) is 10.6 Å². The molecule has 164 valence electrons. The van der Waals surface area contributed by atoms with Crippen molar-refractivity contribution < 1.29 is 28.6 Å². The quantitative estimate of drug-likeness (QED) is 0.602. The summed E-state index contributed by atoms with van der Waals surface area (Å²) in [7, 11) is 1.55. The van der Waals surface area contributed by atoms with Crippen LogP contribution in [0.15, 0.2) is 18.2 Å². The highest BCUT2D eigenvalue weighted by molar-refractivity contribution is 6.01. The van der Waals surface area contributed by atoms with E-state index in [4.69, 9.17) is 14.2 Å². The zero-order valence-electron chi connectivity index (χ0n) is 17.6. The fourth-order valence-corrected chi connectivity index (χ4v) is 3.53. The first-order valence-electron chi connectivity index (χ1n) is 10.2. The Morgan fingerprint density at radius 2 is 1.97 bits per heavy atom. The summed E-state index contributed by atoms with van der Waals surface area (Å²) >= 11 is 0. The summed E-state index contributed by atoms with van der Waals surface area (Å²) in [6.07, 6.45) is 0.0936. The molecular formula is C21H29N3O6. The van der Waals surface area contributed by atoms with Crippen LogP contribution in [-0.4, -0.2) is 63.8 Å². The lowest BCUT2D eigenvalue weighted by molar-refractivity contribution is -0.132. The molecule has 0 aromatic heterocycles. The number of methoxy groups -OCH3 is 1. The van der Waals surface area contributed by atoms with Crippen LogP contribution in [0.5, 0.6) is 11.5 Å². The van der Waals surface area contributed by atoms with Crippen LogP contribution in [0, 0.1) is 11.8 Å². The van der Waals surface area contributed by atoms with Crippen molar-refractivity contribution in [1.29, 1.82) is 0 Å². The summed E-state index contributed by atoms with van der Waals surface area (Å²) in [4.78, 5) is 39.4. The lowest BCUT2D eigenvalue weighted by atomic mass is 10.0. The Balaban J connectivity index is 1.63. The molecule has 1 aromatic carbocycles. The van der Waals surface area contributed by atoms with E-state index in [1.807, 2.05) is 13.8 Å². The van der Waals surface area contributed by atoms with Crippen molar-refractivity contribution in [3.63, 3.8) is 0 Å². The predicted molar refractivity (Wildman–Crippen MR) is 110 cm³/mol. The molecule has 1 saturated heterocycles. The molecule has 9 nitrogen and oxygen atoms in total. The Morgan fingerprint density at radius 3 is 2.67 bits per heavy atom. The van der Waals surface area contributed by atoms with E-state index < -0.39 is 12.0 Å². The number of benzene rings is 1. The highest BCUT2D eigenvalue weighted by Gasteiger charge is 2.37. The van der Waals surface area contributed by atoms with Gasteiger partial charge in [0, 0.05) is 38.4 Å². The SMILES string of the molecule is COCCNC(=O)C(NC(=O)C1CC(=O)N(c2ccc3c(c2)OCCO3)C1)C(C)C. The van der Waals surface area contributed by atoms with Crippen LogP contribution in [0.2, 0.25) is 0 Å². The molecular weight excluding hydrogens is 390 g/mol. The maximum Gasteiger partial charge on any atom is 0.242 e. The van der Waals surface area contributed by atoms with Gasteiger partial charge in [-0.05, 0) is 18.1 Å². The minimum Gasteiger partial charge on any atom is -0.486 e. The molecule has 2 aliphatic rings. The number of rotatable bonds is 8. The Kier molecular flexibility index (Phi) is 7.15. The lowest BCUT2D eigenvalue weighted by Gasteiger charge is -2.24. The van der Waals surface area contributed by atoms with Crippen LogP contribution in [0.3, 0.4) is 0 Å². The van der Waals surface area contributed by atoms with Crippen molar-refractivity contribution in [1.82, 2.24) is 10.6 Å². The van der Waals surface area contributed by atoms with E-state index in [1.54, 1.807) is 30.2 Å². The third kappa shape index (κ3) is 5.02. The van der Waals surface area contributed by atoms with E-state index in [1.165, 1.54) is 0 Å². The summed E-state index contributed by atoms with van der Waals surface area (Å²) in [5.41, 5.74) is 0.664. The first-order valence-corrected chi connectivity index (χ1v) is 10.2. The molecule has 3 amide bonds. The van der Waals surface area contributed by atoms with Gasteiger partial charge in [0.15, 0.2) is 11.5 Å². The Bertz CT molecular complexity index is 797. The number of nitrogens with one attached hydrogen (secondary N) is 2. The molecule has 0 aliphatic carbocycles. The van der Waals surface area contributed by atoms with Crippen molar-refractivity contribution in [2.75, 3.05) is 44.9 Å². The minimum atomic E-state index is -0.673. The summed E-state index contributed by atoms with van der Waals surface area (Å²) < 4.78 is 16.0. The second kappa shape index (κ2) is 9.80. The molecule has 0 bridgehead atoms. The van der Waals surface area contributed by atoms with Gasteiger partial charge in [-0.3, -0.25) is 14.4 Å². The van der Waals surface area contributed by atoms with Gasteiger partial charge in [-0.15, -0.1) is 0 Å². The van der Waals surface area contributed by atoms with Crippen molar-refractivity contribution >= 4 is 23.4 Å². The average Bonchev–Trinajstić information content (AvgIpc) is 3.13. The normalized spacial score (nSPS) is 19.0. The largest absolute Gasteiger partial charge is 0.486 e. The van der Waals surface area contributed by atoms with E-state index in [-0.39, 0.29) is 36.6 Å². The molecule has 0 spiro atoms. The molecule has 2 atom stereocenters. The highest BCUT2D eigenvalue weighted by atomic mass is 16.6. The zero-order valence-corrected chi connectivity index (χ0v) is 17.6. The maximum atomic E-state index is 12.8. The van der Waals surface area contributed by atoms with Gasteiger partial charge in [-0.2, -0.15) is 0 Å². The standard InChI is InChI=1S/C21H29N3O6/c1-13(2)19(21(27)22-6-7-28-3)23-20(26)14-10-18(25)24(12-14)15-4-5-16-17(11-15)30-9-8-29-16/h4-5,11,13-14,19H,6-10,12H2,1-3H3,(H,22,27)(H,23,26). The molecule has 3 rings (SSSR count). The summed E-state index contributed by atoms with van der Waals surface area (Å²) in [5, 5.41) is 5.56. The van der Waals surface area contributed by atoms with E-state index >= 15 is 0 Å². The molecule has 1 fully saturated rings. The highest BCUT2D eigenvalue weighted by Crippen LogP contribution is 2.36. The molecule has 0 radical (unpaired) electrons. The fourth-order valence-electron chi connectivity index (χ4n) is 3.53. The van der Waals surface area contributed by atoms with Gasteiger partial charge < -0.3 is 29.7 Å². The van der Waals surface area contributed by atoms with E-state index in [0.717, 1.165) is 0 Å². The van der Waals surface area contributed by atoms with Crippen LogP contribution in [0.1, 0.15) is 20.3 Å². The Hall–Kier alpha value is -2.81. The van der Waals surface area contributed by atoms with Gasteiger partial charge in [0.25, 0.3) is 0 Å². The molecule has 2 unspecified atom stereocenters. The molecule has 1 aromatic rings. The number of hydrogen-bond acceptors (Lipinski definition) is 6.